The van der Waals surface area contributed by atoms with Gasteiger partial charge in [-0.15, -0.1) is 0 Å². The zero-order chi connectivity index (χ0) is 88.3. The predicted octanol–water partition coefficient (Wildman–Crippen LogP) is 29.9. The molecule has 124 heavy (non-hydrogen) atoms. The standard InChI is InChI=1S/C111H115N5O8/c1-22-23-28-67-31-43-74(44-32-67)115-100(117)80-59-88(121-76-47-35-70(36-48-76)108(14,15)63-104(2,3)4)94-96-90(123-78-51-39-72(40-52-78)110(18,19)65-106(8,9)10)61-82-93-83(103(120)116(102(82)119)75-45-33-68(34-46-75)69-57-86(84-29-24-26-55-112-84)114-87(58-69)85-30-25-27-56-113-85)62-91(124-79-53-41-73(42-54-79)111(20,21)66-107(11,12)13)97(99(93)96)95-89(60-81(101(115)118)92(80)98(94)95)122-77-49-37-71(38-50-77)109(16,17)64-105(5,6)7/h24-27,29-62H,22-23,28,63-66H2,1-21H3. The van der Waals surface area contributed by atoms with E-state index in [-0.39, 0.29) is 88.6 Å². The molecule has 14 aromatic rings. The molecule has 2 aliphatic rings. The number of nitrogens with zero attached hydrogens (tertiary/aromatic N) is 5. The lowest BCUT2D eigenvalue weighted by atomic mass is 9.72. The highest BCUT2D eigenvalue weighted by atomic mass is 16.5. The maximum Gasteiger partial charge on any atom is 0.266 e. The number of hydrogen-bond acceptors (Lipinski definition) is 11. The Labute approximate surface area is 731 Å². The zero-order valence-corrected chi connectivity index (χ0v) is 75.9. The van der Waals surface area contributed by atoms with E-state index in [0.717, 1.165) is 83.9 Å². The molecule has 0 unspecified atom stereocenters. The van der Waals surface area contributed by atoms with Gasteiger partial charge in [-0.3, -0.25) is 29.1 Å². The van der Waals surface area contributed by atoms with Crippen molar-refractivity contribution in [2.24, 2.45) is 21.7 Å². The largest absolute Gasteiger partial charge is 0.457 e. The van der Waals surface area contributed by atoms with Crippen molar-refractivity contribution in [3.8, 4) is 79.9 Å². The van der Waals surface area contributed by atoms with Gasteiger partial charge >= 0.3 is 0 Å². The van der Waals surface area contributed by atoms with Gasteiger partial charge in [0.25, 0.3) is 23.6 Å². The Kier molecular flexibility index (Phi) is 21.8. The van der Waals surface area contributed by atoms with Crippen LogP contribution in [0.4, 0.5) is 11.4 Å². The summed E-state index contributed by atoms with van der Waals surface area (Å²) in [5.41, 5.74) is 10.2. The molecule has 0 saturated heterocycles. The molecule has 2 aliphatic heterocycles. The molecule has 0 bridgehead atoms. The van der Waals surface area contributed by atoms with Gasteiger partial charge in [0.15, 0.2) is 0 Å². The Bertz CT molecular complexity index is 6130. The van der Waals surface area contributed by atoms with Crippen LogP contribution in [0.5, 0.6) is 46.0 Å². The minimum atomic E-state index is -0.615. The highest BCUT2D eigenvalue weighted by molar-refractivity contribution is 6.48. The molecule has 13 nitrogen and oxygen atoms in total. The summed E-state index contributed by atoms with van der Waals surface area (Å²) in [6.45, 7) is 47.3. The van der Waals surface area contributed by atoms with Crippen LogP contribution >= 0.6 is 0 Å². The minimum Gasteiger partial charge on any atom is -0.457 e. The maximum absolute atomic E-state index is 16.8. The van der Waals surface area contributed by atoms with Crippen LogP contribution < -0.4 is 28.7 Å². The zero-order valence-electron chi connectivity index (χ0n) is 75.9. The minimum absolute atomic E-state index is 0.00566. The molecule has 0 saturated carbocycles. The highest BCUT2D eigenvalue weighted by Gasteiger charge is 2.44. The molecule has 5 heterocycles. The van der Waals surface area contributed by atoms with Crippen molar-refractivity contribution in [2.45, 2.75) is 212 Å². The Balaban J connectivity index is 1.01. The lowest BCUT2D eigenvalue weighted by Crippen LogP contribution is -2.40. The molecule has 0 spiro atoms. The first-order valence-corrected chi connectivity index (χ1v) is 43.8. The van der Waals surface area contributed by atoms with E-state index in [2.05, 4.69) is 204 Å². The number of anilines is 2. The van der Waals surface area contributed by atoms with E-state index in [4.69, 9.17) is 23.9 Å². The van der Waals surface area contributed by atoms with E-state index in [9.17, 15) is 0 Å². The topological polar surface area (TPSA) is 150 Å². The van der Waals surface area contributed by atoms with Gasteiger partial charge in [0.1, 0.15) is 46.0 Å². The van der Waals surface area contributed by atoms with Crippen molar-refractivity contribution >= 4 is 78.1 Å². The first kappa shape index (κ1) is 85.2. The van der Waals surface area contributed by atoms with Crippen molar-refractivity contribution in [2.75, 3.05) is 9.80 Å². The number of carbonyl (C=O) groups is 4. The molecule has 0 aliphatic carbocycles. The second-order valence-corrected chi connectivity index (χ2v) is 41.9. The summed E-state index contributed by atoms with van der Waals surface area (Å²) in [7, 11) is 0. The Morgan fingerprint density at radius 3 is 0.831 bits per heavy atom. The normalized spacial score (nSPS) is 13.8. The Morgan fingerprint density at radius 2 is 0.573 bits per heavy atom. The number of carbonyl (C=O) groups excluding carboxylic acids is 4. The van der Waals surface area contributed by atoms with Crippen LogP contribution in [0, 0.1) is 21.7 Å². The fraction of sp³-hybridized carbons (Fsp3) is 0.324. The van der Waals surface area contributed by atoms with E-state index in [1.807, 2.05) is 133 Å². The summed E-state index contributed by atoms with van der Waals surface area (Å²) >= 11 is 0. The van der Waals surface area contributed by atoms with Crippen LogP contribution in [0.15, 0.2) is 231 Å². The number of hydrogen-bond donors (Lipinski definition) is 0. The van der Waals surface area contributed by atoms with Crippen LogP contribution in [0.3, 0.4) is 0 Å². The van der Waals surface area contributed by atoms with Crippen LogP contribution in [0.25, 0.3) is 77.0 Å². The maximum atomic E-state index is 16.8. The number of imide groups is 2. The quantitative estimate of drug-likeness (QED) is 0.0323. The smallest absolute Gasteiger partial charge is 0.266 e. The second kappa shape index (κ2) is 31.8. The van der Waals surface area contributed by atoms with Crippen LogP contribution in [0.2, 0.25) is 0 Å². The molecule has 16 rings (SSSR count). The summed E-state index contributed by atoms with van der Waals surface area (Å²) in [5, 5.41) is 3.17. The number of unbranched alkanes of at least 4 members (excludes halogenated alkanes) is 1. The van der Waals surface area contributed by atoms with Gasteiger partial charge in [0.2, 0.25) is 0 Å². The monoisotopic (exact) mass is 1650 g/mol. The number of pyridine rings is 3. The number of aryl methyl sites for hydroxylation is 1. The first-order valence-electron chi connectivity index (χ1n) is 43.8. The third-order valence-electron chi connectivity index (χ3n) is 24.4. The van der Waals surface area contributed by atoms with Gasteiger partial charge in [0, 0.05) is 55.5 Å². The molecular weight excluding hydrogens is 1530 g/mol. The Hall–Kier alpha value is -12.4. The van der Waals surface area contributed by atoms with Crippen molar-refractivity contribution in [3.05, 3.63) is 281 Å². The van der Waals surface area contributed by atoms with Crippen molar-refractivity contribution in [3.63, 3.8) is 0 Å². The third-order valence-corrected chi connectivity index (χ3v) is 24.4. The molecule has 3 aromatic heterocycles. The van der Waals surface area contributed by atoms with Gasteiger partial charge < -0.3 is 18.9 Å². The predicted molar refractivity (Wildman–Crippen MR) is 506 cm³/mol. The second-order valence-electron chi connectivity index (χ2n) is 41.9. The number of rotatable bonds is 24. The molecule has 0 N–H and O–H groups in total. The fourth-order valence-electron chi connectivity index (χ4n) is 20.4. The van der Waals surface area contributed by atoms with Crippen molar-refractivity contribution in [1.82, 2.24) is 15.0 Å². The van der Waals surface area contributed by atoms with Crippen LogP contribution in [0.1, 0.15) is 253 Å². The molecule has 13 heteroatoms. The molecule has 0 atom stereocenters. The number of fused-ring (bicyclic) bond motifs is 2. The average Bonchev–Trinajstić information content (AvgIpc) is 0.669. The van der Waals surface area contributed by atoms with Crippen molar-refractivity contribution in [1.29, 1.82) is 0 Å². The molecule has 0 fully saturated rings. The summed E-state index contributed by atoms with van der Waals surface area (Å²) in [6.07, 6.45) is 9.88. The van der Waals surface area contributed by atoms with Crippen LogP contribution in [-0.2, 0) is 28.1 Å². The number of ether oxygens (including phenoxy) is 4. The summed E-state index contributed by atoms with van der Waals surface area (Å²) in [6, 6.07) is 70.2. The molecular formula is C111H115N5O8. The summed E-state index contributed by atoms with van der Waals surface area (Å²) in [4.78, 5) is 83.6. The van der Waals surface area contributed by atoms with Gasteiger partial charge in [-0.05, 0) is 254 Å². The molecule has 4 amide bonds. The third kappa shape index (κ3) is 17.0. The highest BCUT2D eigenvalue weighted by Crippen LogP contribution is 2.59. The SMILES string of the molecule is CCCCc1ccc(N2C(=O)c3cc(Oc4ccc(C(C)(C)CC(C)(C)C)cc4)c4c5c(Oc6ccc(C(C)(C)CC(C)(C)C)cc6)cc6c7c(cc(Oc8ccc(C(C)(C)CC(C)(C)C)cc8)c(c8c(Oc9ccc(C(C)(C)CC(C)(C)C)cc9)cc(c3c48)C2=O)c75)C(=O)N(c2ccc(-c3cc(-c4ccccn4)nc(-c4ccccn4)c3)cc2)C6=O)cc1. The van der Waals surface area contributed by atoms with Gasteiger partial charge in [-0.25, -0.2) is 14.8 Å². The van der Waals surface area contributed by atoms with E-state index >= 15 is 19.2 Å². The molecule has 11 aromatic carbocycles. The van der Waals surface area contributed by atoms with Gasteiger partial charge in [0.05, 0.1) is 56.4 Å². The van der Waals surface area contributed by atoms with Crippen LogP contribution in [-0.4, -0.2) is 38.6 Å². The van der Waals surface area contributed by atoms with E-state index in [1.165, 1.54) is 9.80 Å². The number of amides is 4. The lowest BCUT2D eigenvalue weighted by molar-refractivity contribution is 0.0877. The van der Waals surface area contributed by atoms with Crippen molar-refractivity contribution < 1.29 is 38.1 Å². The number of aromatic nitrogens is 3. The lowest BCUT2D eigenvalue weighted by Gasteiger charge is -2.33. The number of benzene rings is 11. The molecule has 632 valence electrons. The summed E-state index contributed by atoms with van der Waals surface area (Å²) < 4.78 is 30.5. The first-order chi connectivity index (χ1) is 58.5. The van der Waals surface area contributed by atoms with E-state index in [0.29, 0.717) is 100 Å². The Morgan fingerprint density at radius 1 is 0.290 bits per heavy atom. The van der Waals surface area contributed by atoms with Gasteiger partial charge in [-0.1, -0.05) is 237 Å². The average molecular weight is 1650 g/mol. The summed E-state index contributed by atoms with van der Waals surface area (Å²) in [5.74, 6) is 0.344. The fourth-order valence-corrected chi connectivity index (χ4v) is 20.4. The van der Waals surface area contributed by atoms with Gasteiger partial charge in [-0.2, -0.15) is 0 Å². The van der Waals surface area contributed by atoms with E-state index in [1.54, 1.807) is 48.8 Å². The van der Waals surface area contributed by atoms with E-state index < -0.39 is 23.6 Å². The molecule has 0 radical (unpaired) electrons.